The fraction of sp³-hybridized carbons (Fsp3) is 1.00. The van der Waals surface area contributed by atoms with E-state index in [1.165, 1.54) is 19.3 Å². The lowest BCUT2D eigenvalue weighted by Crippen LogP contribution is -2.57. The zero-order chi connectivity index (χ0) is 13.8. The predicted molar refractivity (Wildman–Crippen MR) is 67.6 cm³/mol. The third-order valence-electron chi connectivity index (χ3n) is 4.11. The van der Waals surface area contributed by atoms with Gasteiger partial charge in [-0.15, -0.1) is 0 Å². The van der Waals surface area contributed by atoms with Crippen LogP contribution in [0.1, 0.15) is 45.4 Å². The summed E-state index contributed by atoms with van der Waals surface area (Å²) in [4.78, 5) is 2.24. The van der Waals surface area contributed by atoms with Crippen LogP contribution in [-0.2, 0) is 0 Å². The summed E-state index contributed by atoms with van der Waals surface area (Å²) < 4.78 is 36.1. The minimum Gasteiger partial charge on any atom is -0.312 e. The Bertz CT molecular complexity index is 247. The molecule has 1 aliphatic carbocycles. The normalized spacial score (nSPS) is 20.8. The lowest BCUT2D eigenvalue weighted by molar-refractivity contribution is -0.135. The summed E-state index contributed by atoms with van der Waals surface area (Å²) >= 11 is 0. The zero-order valence-electron chi connectivity index (χ0n) is 11.6. The fourth-order valence-electron chi connectivity index (χ4n) is 2.44. The number of alkyl halides is 3. The second kappa shape index (κ2) is 6.24. The van der Waals surface area contributed by atoms with E-state index in [0.717, 1.165) is 6.54 Å². The molecule has 5 heteroatoms. The first-order valence-electron chi connectivity index (χ1n) is 6.73. The lowest BCUT2D eigenvalue weighted by atomic mass is 9.75. The van der Waals surface area contributed by atoms with Gasteiger partial charge in [-0.05, 0) is 53.1 Å². The van der Waals surface area contributed by atoms with E-state index in [9.17, 15) is 13.2 Å². The van der Waals surface area contributed by atoms with Crippen LogP contribution in [0.15, 0.2) is 0 Å². The first-order chi connectivity index (χ1) is 8.25. The van der Waals surface area contributed by atoms with Gasteiger partial charge in [0.2, 0.25) is 0 Å². The van der Waals surface area contributed by atoms with Gasteiger partial charge in [0.15, 0.2) is 0 Å². The molecule has 1 atom stereocenters. The number of halogens is 3. The van der Waals surface area contributed by atoms with Crippen LogP contribution in [0.5, 0.6) is 0 Å². The van der Waals surface area contributed by atoms with E-state index in [1.54, 1.807) is 0 Å². The number of rotatable bonds is 7. The van der Waals surface area contributed by atoms with Gasteiger partial charge in [-0.25, -0.2) is 0 Å². The van der Waals surface area contributed by atoms with Crippen molar-refractivity contribution >= 4 is 0 Å². The average Bonchev–Trinajstić information content (AvgIpc) is 2.13. The Hall–Kier alpha value is -0.290. The van der Waals surface area contributed by atoms with E-state index < -0.39 is 12.6 Å². The summed E-state index contributed by atoms with van der Waals surface area (Å²) in [5, 5.41) is 3.38. The van der Waals surface area contributed by atoms with E-state index in [0.29, 0.717) is 6.42 Å². The summed E-state index contributed by atoms with van der Waals surface area (Å²) in [6.07, 6.45) is -0.265. The van der Waals surface area contributed by atoms with Crippen LogP contribution in [-0.4, -0.2) is 43.3 Å². The molecule has 0 spiro atoms. The highest BCUT2D eigenvalue weighted by Gasteiger charge is 2.38. The van der Waals surface area contributed by atoms with E-state index in [4.69, 9.17) is 0 Å². The Kier molecular flexibility index (Phi) is 5.46. The molecule has 0 aromatic carbocycles. The Morgan fingerprint density at radius 2 is 1.89 bits per heavy atom. The molecule has 1 rings (SSSR count). The van der Waals surface area contributed by atoms with Crippen molar-refractivity contribution < 1.29 is 13.2 Å². The highest BCUT2D eigenvalue weighted by Crippen LogP contribution is 2.35. The molecule has 1 saturated carbocycles. The minimum absolute atomic E-state index is 0.157. The molecule has 0 saturated heterocycles. The molecule has 1 fully saturated rings. The van der Waals surface area contributed by atoms with Crippen molar-refractivity contribution in [3.05, 3.63) is 0 Å². The average molecular weight is 266 g/mol. The number of hydrogen-bond acceptors (Lipinski definition) is 2. The van der Waals surface area contributed by atoms with Gasteiger partial charge in [0.1, 0.15) is 0 Å². The van der Waals surface area contributed by atoms with Gasteiger partial charge in [0.05, 0.1) is 0 Å². The molecule has 1 unspecified atom stereocenters. The minimum atomic E-state index is -4.02. The smallest absolute Gasteiger partial charge is 0.312 e. The SMILES string of the molecule is CC(CCCC(F)(F)F)NCC1(N(C)C)CCC1. The van der Waals surface area contributed by atoms with Crippen molar-refractivity contribution in [2.45, 2.75) is 63.2 Å². The largest absolute Gasteiger partial charge is 0.389 e. The van der Waals surface area contributed by atoms with Crippen molar-refractivity contribution in [1.82, 2.24) is 10.2 Å². The first-order valence-corrected chi connectivity index (χ1v) is 6.73. The topological polar surface area (TPSA) is 15.3 Å². The predicted octanol–water partition coefficient (Wildman–Crippen LogP) is 3.18. The molecular formula is C13H25F3N2. The molecular weight excluding hydrogens is 241 g/mol. The molecule has 0 aliphatic heterocycles. The third kappa shape index (κ3) is 4.76. The summed E-state index contributed by atoms with van der Waals surface area (Å²) in [5.74, 6) is 0. The monoisotopic (exact) mass is 266 g/mol. The summed E-state index contributed by atoms with van der Waals surface area (Å²) in [6, 6.07) is 0.157. The second-order valence-electron chi connectivity index (χ2n) is 5.76. The van der Waals surface area contributed by atoms with Crippen LogP contribution in [0.3, 0.4) is 0 Å². The Labute approximate surface area is 108 Å². The van der Waals surface area contributed by atoms with Crippen LogP contribution in [0.4, 0.5) is 13.2 Å². The number of likely N-dealkylation sites (N-methyl/N-ethyl adjacent to an activating group) is 1. The molecule has 1 aliphatic rings. The Morgan fingerprint density at radius 3 is 2.28 bits per heavy atom. The molecule has 1 N–H and O–H groups in total. The molecule has 2 nitrogen and oxygen atoms in total. The quantitative estimate of drug-likeness (QED) is 0.761. The molecule has 0 aromatic heterocycles. The molecule has 0 amide bonds. The van der Waals surface area contributed by atoms with Crippen molar-refractivity contribution in [2.75, 3.05) is 20.6 Å². The maximum absolute atomic E-state index is 12.0. The van der Waals surface area contributed by atoms with Crippen molar-refractivity contribution in [3.8, 4) is 0 Å². The maximum atomic E-state index is 12.0. The summed E-state index contributed by atoms with van der Waals surface area (Å²) in [6.45, 7) is 2.85. The van der Waals surface area contributed by atoms with Crippen molar-refractivity contribution in [2.24, 2.45) is 0 Å². The molecule has 0 heterocycles. The van der Waals surface area contributed by atoms with Crippen LogP contribution < -0.4 is 5.32 Å². The molecule has 0 aromatic rings. The molecule has 0 radical (unpaired) electrons. The molecule has 0 bridgehead atoms. The van der Waals surface area contributed by atoms with Crippen LogP contribution in [0.25, 0.3) is 0 Å². The van der Waals surface area contributed by atoms with Gasteiger partial charge in [-0.1, -0.05) is 0 Å². The van der Waals surface area contributed by atoms with E-state index in [2.05, 4.69) is 24.3 Å². The van der Waals surface area contributed by atoms with Gasteiger partial charge in [-0.2, -0.15) is 13.2 Å². The van der Waals surface area contributed by atoms with Crippen LogP contribution >= 0.6 is 0 Å². The number of nitrogens with zero attached hydrogens (tertiary/aromatic N) is 1. The fourth-order valence-corrected chi connectivity index (χ4v) is 2.44. The third-order valence-corrected chi connectivity index (χ3v) is 4.11. The van der Waals surface area contributed by atoms with E-state index in [-0.39, 0.29) is 18.0 Å². The lowest BCUT2D eigenvalue weighted by Gasteiger charge is -2.48. The summed E-state index contributed by atoms with van der Waals surface area (Å²) in [7, 11) is 4.16. The summed E-state index contributed by atoms with van der Waals surface area (Å²) in [5.41, 5.74) is 0.234. The van der Waals surface area contributed by atoms with E-state index >= 15 is 0 Å². The van der Waals surface area contributed by atoms with Crippen molar-refractivity contribution in [1.29, 1.82) is 0 Å². The number of nitrogens with one attached hydrogen (secondary N) is 1. The van der Waals surface area contributed by atoms with Crippen LogP contribution in [0, 0.1) is 0 Å². The Balaban J connectivity index is 2.18. The molecule has 108 valence electrons. The maximum Gasteiger partial charge on any atom is 0.389 e. The highest BCUT2D eigenvalue weighted by atomic mass is 19.4. The Morgan fingerprint density at radius 1 is 1.28 bits per heavy atom. The van der Waals surface area contributed by atoms with Crippen molar-refractivity contribution in [3.63, 3.8) is 0 Å². The van der Waals surface area contributed by atoms with Gasteiger partial charge in [-0.3, -0.25) is 0 Å². The van der Waals surface area contributed by atoms with Crippen LogP contribution in [0.2, 0.25) is 0 Å². The van der Waals surface area contributed by atoms with Gasteiger partial charge < -0.3 is 10.2 Å². The van der Waals surface area contributed by atoms with Gasteiger partial charge in [0.25, 0.3) is 0 Å². The van der Waals surface area contributed by atoms with E-state index in [1.807, 2.05) is 6.92 Å². The van der Waals surface area contributed by atoms with Gasteiger partial charge in [0, 0.05) is 24.5 Å². The first kappa shape index (κ1) is 15.8. The number of hydrogen-bond donors (Lipinski definition) is 1. The highest BCUT2D eigenvalue weighted by molar-refractivity contribution is 4.97. The standard InChI is InChI=1S/C13H25F3N2/c1-11(6-4-9-13(14,15)16)17-10-12(18(2)3)7-5-8-12/h11,17H,4-10H2,1-3H3. The second-order valence-corrected chi connectivity index (χ2v) is 5.76. The molecule has 18 heavy (non-hydrogen) atoms. The van der Waals surface area contributed by atoms with Gasteiger partial charge >= 0.3 is 6.18 Å². The zero-order valence-corrected chi connectivity index (χ0v) is 11.6.